The van der Waals surface area contributed by atoms with Crippen LogP contribution in [0.2, 0.25) is 0 Å². The second-order valence-electron chi connectivity index (χ2n) is 6.78. The fourth-order valence-corrected chi connectivity index (χ4v) is 4.18. The van der Waals surface area contributed by atoms with Crippen LogP contribution in [-0.4, -0.2) is 45.4 Å². The van der Waals surface area contributed by atoms with Gasteiger partial charge in [-0.3, -0.25) is 23.4 Å². The van der Waals surface area contributed by atoms with Gasteiger partial charge in [0.2, 0.25) is 5.85 Å². The Labute approximate surface area is 183 Å². The number of H-pyrrole nitrogens is 1. The van der Waals surface area contributed by atoms with Gasteiger partial charge in [0.05, 0.1) is 30.0 Å². The lowest BCUT2D eigenvalue weighted by atomic mass is 10.2. The second-order valence-corrected chi connectivity index (χ2v) is 8.30. The molecule has 1 fully saturated rings. The fraction of sp³-hybridized carbons (Fsp3) is 0.444. The molecule has 1 unspecified atom stereocenters. The van der Waals surface area contributed by atoms with E-state index in [1.165, 1.54) is 13.2 Å². The number of aromatic amines is 1. The molecular formula is C18H20FN2O10P. The summed E-state index contributed by atoms with van der Waals surface area (Å²) >= 11 is 0. The number of aliphatic hydroxyl groups excluding tert-OH is 2. The first-order valence-electron chi connectivity index (χ1n) is 10.6. The quantitative estimate of drug-likeness (QED) is 0.506. The van der Waals surface area contributed by atoms with Crippen molar-refractivity contribution in [3.8, 4) is 11.5 Å². The van der Waals surface area contributed by atoms with Crippen LogP contribution in [0.5, 0.6) is 11.5 Å². The number of hydrogen-bond acceptors (Lipinski definition) is 10. The van der Waals surface area contributed by atoms with Crippen molar-refractivity contribution in [3.63, 3.8) is 0 Å². The van der Waals surface area contributed by atoms with Crippen LogP contribution in [0.25, 0.3) is 0 Å². The molecule has 14 heteroatoms. The number of aromatic nitrogens is 2. The molecule has 0 spiro atoms. The Morgan fingerprint density at radius 2 is 2.28 bits per heavy atom. The minimum absolute atomic E-state index is 0.0770. The summed E-state index contributed by atoms with van der Waals surface area (Å²) in [6.07, 6.45) is -5.78. The van der Waals surface area contributed by atoms with E-state index in [2.05, 4.69) is 0 Å². The minimum atomic E-state index is -4.83. The van der Waals surface area contributed by atoms with E-state index in [4.69, 9.17) is 27.2 Å². The smallest absolute Gasteiger partial charge is 0.493 e. The number of hydrogen-bond donors (Lipinski definition) is 3. The Hall–Kier alpha value is -2.54. The molecule has 0 amide bonds. The molecule has 4 rings (SSSR count). The second kappa shape index (κ2) is 8.43. The fourth-order valence-electron chi connectivity index (χ4n) is 3.07. The predicted molar refractivity (Wildman–Crippen MR) is 104 cm³/mol. The monoisotopic (exact) mass is 477 g/mol. The molecule has 1 aromatic heterocycles. The summed E-state index contributed by atoms with van der Waals surface area (Å²) in [5, 5.41) is 19.6. The number of alkyl halides is 1. The van der Waals surface area contributed by atoms with Gasteiger partial charge in [0, 0.05) is 18.2 Å². The van der Waals surface area contributed by atoms with E-state index in [9.17, 15) is 24.4 Å². The van der Waals surface area contributed by atoms with Crippen molar-refractivity contribution in [2.75, 3.05) is 13.7 Å². The van der Waals surface area contributed by atoms with Crippen molar-refractivity contribution in [3.05, 3.63) is 56.4 Å². The summed E-state index contributed by atoms with van der Waals surface area (Å²) < 4.78 is 78.6. The molecule has 3 N–H and O–H groups in total. The molecule has 0 bridgehead atoms. The van der Waals surface area contributed by atoms with E-state index in [0.29, 0.717) is 11.8 Å². The van der Waals surface area contributed by atoms with E-state index < -0.39 is 62.4 Å². The van der Waals surface area contributed by atoms with E-state index >= 15 is 4.39 Å². The van der Waals surface area contributed by atoms with Gasteiger partial charge in [-0.1, -0.05) is 12.1 Å². The Morgan fingerprint density at radius 1 is 1.50 bits per heavy atom. The summed E-state index contributed by atoms with van der Waals surface area (Å²) in [5.74, 6) is -3.61. The van der Waals surface area contributed by atoms with Gasteiger partial charge in [-0.25, -0.2) is 13.8 Å². The van der Waals surface area contributed by atoms with Crippen molar-refractivity contribution in [1.29, 1.82) is 0 Å². The van der Waals surface area contributed by atoms with E-state index in [1.54, 1.807) is 17.1 Å². The highest BCUT2D eigenvalue weighted by Gasteiger charge is 2.50. The number of nitrogens with one attached hydrogen (secondary N) is 1. The third-order valence-electron chi connectivity index (χ3n) is 4.60. The summed E-state index contributed by atoms with van der Waals surface area (Å²) in [7, 11) is -3.53. The van der Waals surface area contributed by atoms with Crippen molar-refractivity contribution in [2.45, 2.75) is 37.8 Å². The molecule has 174 valence electrons. The van der Waals surface area contributed by atoms with Gasteiger partial charge in [-0.05, 0) is 6.07 Å². The van der Waals surface area contributed by atoms with Crippen LogP contribution in [0.1, 0.15) is 27.9 Å². The Bertz CT molecular complexity index is 1310. The SMILES string of the molecule is [2H]C([2H])(OP1(=O)OCc2cccc(OC)c2O1)[C@]1(F)C[C@@H](O)[C@]([2H])(n2cc(CO)c(=O)[nH]c2=O)O1. The zero-order valence-electron chi connectivity index (χ0n) is 19.4. The summed E-state index contributed by atoms with van der Waals surface area (Å²) in [6, 6.07) is 4.62. The maximum Gasteiger partial charge on any atom is 0.530 e. The maximum atomic E-state index is 15.8. The zero-order chi connectivity index (χ0) is 25.8. The molecule has 2 aliphatic heterocycles. The molecule has 2 aromatic rings. The molecule has 0 radical (unpaired) electrons. The molecule has 0 saturated carbocycles. The summed E-state index contributed by atoms with van der Waals surface area (Å²) in [6.45, 7) is -4.88. The van der Waals surface area contributed by atoms with Crippen LogP contribution >= 0.6 is 7.82 Å². The molecule has 12 nitrogen and oxygen atoms in total. The number of phosphoric ester groups is 1. The molecule has 2 aliphatic rings. The van der Waals surface area contributed by atoms with Crippen LogP contribution in [0.3, 0.4) is 0 Å². The largest absolute Gasteiger partial charge is 0.530 e. The predicted octanol–water partition coefficient (Wildman–Crippen LogP) is 0.717. The number of ether oxygens (including phenoxy) is 2. The number of benzene rings is 1. The Kier molecular flexibility index (Phi) is 5.00. The highest BCUT2D eigenvalue weighted by Crippen LogP contribution is 2.57. The van der Waals surface area contributed by atoms with Crippen LogP contribution in [0, 0.1) is 0 Å². The van der Waals surface area contributed by atoms with Gasteiger partial charge in [0.25, 0.3) is 5.56 Å². The lowest BCUT2D eigenvalue weighted by Crippen LogP contribution is -2.37. The topological polar surface area (TPSA) is 159 Å². The number of nitrogens with zero attached hydrogens (tertiary/aromatic N) is 1. The van der Waals surface area contributed by atoms with Gasteiger partial charge >= 0.3 is 13.5 Å². The first-order chi connectivity index (χ1) is 16.3. The number of halogens is 1. The number of aliphatic hydroxyl groups is 2. The first-order valence-corrected chi connectivity index (χ1v) is 10.6. The number of phosphoric acid groups is 1. The van der Waals surface area contributed by atoms with E-state index in [0.717, 1.165) is 0 Å². The number of fused-ring (bicyclic) bond motifs is 1. The maximum absolute atomic E-state index is 15.8. The van der Waals surface area contributed by atoms with Gasteiger partial charge in [0.1, 0.15) is 12.7 Å². The van der Waals surface area contributed by atoms with Crippen molar-refractivity contribution in [1.82, 2.24) is 9.55 Å². The summed E-state index contributed by atoms with van der Waals surface area (Å²) in [5.41, 5.74) is -2.31. The number of methoxy groups -OCH3 is 1. The van der Waals surface area contributed by atoms with Gasteiger partial charge < -0.3 is 24.2 Å². The summed E-state index contributed by atoms with van der Waals surface area (Å²) in [4.78, 5) is 25.7. The highest BCUT2D eigenvalue weighted by molar-refractivity contribution is 7.49. The normalized spacial score (nSPS) is 33.5. The lowest BCUT2D eigenvalue weighted by Gasteiger charge is -2.28. The third kappa shape index (κ3) is 4.22. The van der Waals surface area contributed by atoms with Crippen molar-refractivity contribution in [2.24, 2.45) is 0 Å². The standard InChI is InChI=1S/C18H20FN2O10P/c1-27-13-4-2-3-10-8-28-32(26,31-14(10)13)29-9-18(19)5-12(23)16(30-18)21-6-11(7-22)15(24)20-17(21)25/h2-4,6,12,16,22-23H,5,7-9H2,1H3,(H,20,24,25)/t12-,16-,18+,32?/m1/s1/i9D2,16D. The number of para-hydroxylation sites is 1. The molecule has 4 atom stereocenters. The molecular weight excluding hydrogens is 454 g/mol. The van der Waals surface area contributed by atoms with E-state index in [1.807, 2.05) is 0 Å². The van der Waals surface area contributed by atoms with Crippen LogP contribution in [0.15, 0.2) is 34.0 Å². The van der Waals surface area contributed by atoms with E-state index in [-0.39, 0.29) is 22.7 Å². The average molecular weight is 477 g/mol. The highest BCUT2D eigenvalue weighted by atomic mass is 31.2. The van der Waals surface area contributed by atoms with Crippen molar-refractivity contribution >= 4 is 7.82 Å². The average Bonchev–Trinajstić information content (AvgIpc) is 3.03. The van der Waals surface area contributed by atoms with Crippen LogP contribution in [0.4, 0.5) is 4.39 Å². The molecule has 32 heavy (non-hydrogen) atoms. The molecule has 3 heterocycles. The molecule has 0 aliphatic carbocycles. The molecule has 1 aromatic carbocycles. The number of rotatable bonds is 6. The Morgan fingerprint density at radius 3 is 3.00 bits per heavy atom. The van der Waals surface area contributed by atoms with Crippen LogP contribution in [-0.2, 0) is 31.6 Å². The molecule has 1 saturated heterocycles. The third-order valence-corrected chi connectivity index (χ3v) is 5.77. The van der Waals surface area contributed by atoms with Gasteiger partial charge in [0.15, 0.2) is 17.7 Å². The first kappa shape index (κ1) is 19.0. The van der Waals surface area contributed by atoms with Crippen molar-refractivity contribution < 1.29 is 46.3 Å². The van der Waals surface area contributed by atoms with Gasteiger partial charge in [-0.2, -0.15) is 0 Å². The van der Waals surface area contributed by atoms with Gasteiger partial charge in [-0.15, -0.1) is 0 Å². The minimum Gasteiger partial charge on any atom is -0.493 e. The lowest BCUT2D eigenvalue weighted by molar-refractivity contribution is -0.179. The Balaban J connectivity index is 1.64. The zero-order valence-corrected chi connectivity index (χ0v) is 17.3. The van der Waals surface area contributed by atoms with Crippen LogP contribution < -0.4 is 20.5 Å².